The van der Waals surface area contributed by atoms with Gasteiger partial charge >= 0.3 is 0 Å². The maximum absolute atomic E-state index is 5.79. The monoisotopic (exact) mass is 285 g/mol. The van der Waals surface area contributed by atoms with Crippen molar-refractivity contribution in [1.82, 2.24) is 0 Å². The summed E-state index contributed by atoms with van der Waals surface area (Å²) in [5.74, 6) is 1.66. The molecule has 0 saturated carbocycles. The van der Waals surface area contributed by atoms with Crippen LogP contribution in [0.5, 0.6) is 11.5 Å². The topological polar surface area (TPSA) is 44.5 Å². The molecule has 0 radical (unpaired) electrons. The number of anilines is 1. The fraction of sp³-hybridized carbons (Fsp3) is 0.125. The molecule has 0 fully saturated rings. The van der Waals surface area contributed by atoms with E-state index in [1.54, 1.807) is 18.4 Å². The highest BCUT2D eigenvalue weighted by Crippen LogP contribution is 2.28. The predicted octanol–water partition coefficient (Wildman–Crippen LogP) is 4.07. The van der Waals surface area contributed by atoms with Gasteiger partial charge in [0.15, 0.2) is 0 Å². The first-order valence-electron chi connectivity index (χ1n) is 6.29. The summed E-state index contributed by atoms with van der Waals surface area (Å²) in [5.41, 5.74) is 6.58. The van der Waals surface area contributed by atoms with Gasteiger partial charge in [-0.2, -0.15) is 0 Å². The predicted molar refractivity (Wildman–Crippen MR) is 83.6 cm³/mol. The van der Waals surface area contributed by atoms with Crippen LogP contribution in [0.15, 0.2) is 48.5 Å². The quantitative estimate of drug-likeness (QED) is 0.735. The van der Waals surface area contributed by atoms with Crippen LogP contribution in [0, 0.1) is 0 Å². The molecular formula is C16H15NO2S. The van der Waals surface area contributed by atoms with Gasteiger partial charge in [0.25, 0.3) is 0 Å². The molecule has 3 nitrogen and oxygen atoms in total. The standard InChI is InChI=1S/C16H15NO2S/c1-18-13-3-5-14(6-4-13)19-10-15-9-11-8-12(17)2-7-16(11)20-15/h2-9H,10,17H2,1H3. The molecule has 0 aliphatic carbocycles. The van der Waals surface area contributed by atoms with E-state index in [0.717, 1.165) is 17.2 Å². The number of thiophene rings is 1. The largest absolute Gasteiger partial charge is 0.497 e. The Hall–Kier alpha value is -2.20. The van der Waals surface area contributed by atoms with Gasteiger partial charge in [0, 0.05) is 15.3 Å². The van der Waals surface area contributed by atoms with Crippen molar-refractivity contribution in [3.05, 3.63) is 53.4 Å². The smallest absolute Gasteiger partial charge is 0.122 e. The van der Waals surface area contributed by atoms with Crippen LogP contribution in [0.3, 0.4) is 0 Å². The third kappa shape index (κ3) is 2.70. The Kier molecular flexibility index (Phi) is 3.48. The van der Waals surface area contributed by atoms with Crippen LogP contribution in [-0.2, 0) is 6.61 Å². The normalized spacial score (nSPS) is 10.7. The van der Waals surface area contributed by atoms with E-state index < -0.39 is 0 Å². The van der Waals surface area contributed by atoms with Gasteiger partial charge in [-0.05, 0) is 53.9 Å². The minimum absolute atomic E-state index is 0.561. The number of fused-ring (bicyclic) bond motifs is 1. The van der Waals surface area contributed by atoms with Crippen LogP contribution in [-0.4, -0.2) is 7.11 Å². The molecule has 3 aromatic rings. The summed E-state index contributed by atoms with van der Waals surface area (Å²) in [6, 6.07) is 15.7. The summed E-state index contributed by atoms with van der Waals surface area (Å²) in [4.78, 5) is 1.18. The van der Waals surface area contributed by atoms with E-state index in [9.17, 15) is 0 Å². The summed E-state index contributed by atoms with van der Waals surface area (Å²) in [7, 11) is 1.65. The highest BCUT2D eigenvalue weighted by Gasteiger charge is 2.03. The molecule has 0 aliphatic rings. The van der Waals surface area contributed by atoms with Crippen molar-refractivity contribution < 1.29 is 9.47 Å². The van der Waals surface area contributed by atoms with Crippen molar-refractivity contribution in [2.24, 2.45) is 0 Å². The van der Waals surface area contributed by atoms with Crippen molar-refractivity contribution in [2.75, 3.05) is 12.8 Å². The molecule has 2 aromatic carbocycles. The number of methoxy groups -OCH3 is 1. The number of nitrogen functional groups attached to an aromatic ring is 1. The SMILES string of the molecule is COc1ccc(OCc2cc3cc(N)ccc3s2)cc1. The average Bonchev–Trinajstić information content (AvgIpc) is 2.87. The summed E-state index contributed by atoms with van der Waals surface area (Å²) < 4.78 is 12.1. The number of benzene rings is 2. The van der Waals surface area contributed by atoms with Crippen LogP contribution < -0.4 is 15.2 Å². The number of hydrogen-bond acceptors (Lipinski definition) is 4. The van der Waals surface area contributed by atoms with Gasteiger partial charge < -0.3 is 15.2 Å². The van der Waals surface area contributed by atoms with E-state index in [2.05, 4.69) is 6.07 Å². The Morgan fingerprint density at radius 2 is 1.75 bits per heavy atom. The van der Waals surface area contributed by atoms with E-state index in [-0.39, 0.29) is 0 Å². The van der Waals surface area contributed by atoms with E-state index in [0.29, 0.717) is 6.61 Å². The summed E-state index contributed by atoms with van der Waals surface area (Å²) >= 11 is 1.73. The molecule has 1 heterocycles. The lowest BCUT2D eigenvalue weighted by Gasteiger charge is -2.05. The van der Waals surface area contributed by atoms with Gasteiger partial charge in [0.1, 0.15) is 18.1 Å². The first-order chi connectivity index (χ1) is 9.74. The zero-order chi connectivity index (χ0) is 13.9. The Morgan fingerprint density at radius 3 is 2.50 bits per heavy atom. The van der Waals surface area contributed by atoms with Crippen molar-refractivity contribution in [3.8, 4) is 11.5 Å². The molecule has 3 rings (SSSR count). The van der Waals surface area contributed by atoms with Crippen LogP contribution >= 0.6 is 11.3 Å². The van der Waals surface area contributed by atoms with Gasteiger partial charge in [0.05, 0.1) is 7.11 Å². The van der Waals surface area contributed by atoms with Crippen molar-refractivity contribution in [1.29, 1.82) is 0 Å². The lowest BCUT2D eigenvalue weighted by atomic mass is 10.2. The second-order valence-electron chi connectivity index (χ2n) is 4.47. The number of hydrogen-bond donors (Lipinski definition) is 1. The van der Waals surface area contributed by atoms with Crippen LogP contribution in [0.1, 0.15) is 4.88 Å². The van der Waals surface area contributed by atoms with Crippen molar-refractivity contribution in [2.45, 2.75) is 6.61 Å². The maximum Gasteiger partial charge on any atom is 0.122 e. The molecule has 0 atom stereocenters. The zero-order valence-electron chi connectivity index (χ0n) is 11.1. The first-order valence-corrected chi connectivity index (χ1v) is 7.11. The number of nitrogens with two attached hydrogens (primary N) is 1. The highest BCUT2D eigenvalue weighted by atomic mass is 32.1. The fourth-order valence-corrected chi connectivity index (χ4v) is 2.97. The van der Waals surface area contributed by atoms with E-state index in [1.807, 2.05) is 42.5 Å². The molecule has 102 valence electrons. The van der Waals surface area contributed by atoms with E-state index >= 15 is 0 Å². The molecule has 0 amide bonds. The van der Waals surface area contributed by atoms with Gasteiger partial charge in [0.2, 0.25) is 0 Å². The molecular weight excluding hydrogens is 270 g/mol. The zero-order valence-corrected chi connectivity index (χ0v) is 11.9. The Labute approximate surface area is 121 Å². The Bertz CT molecular complexity index is 719. The second kappa shape index (κ2) is 5.43. The fourth-order valence-electron chi connectivity index (χ4n) is 2.01. The Morgan fingerprint density at radius 1 is 1.00 bits per heavy atom. The second-order valence-corrected chi connectivity index (χ2v) is 5.64. The van der Waals surface area contributed by atoms with Crippen molar-refractivity contribution in [3.63, 3.8) is 0 Å². The molecule has 2 N–H and O–H groups in total. The third-order valence-corrected chi connectivity index (χ3v) is 4.12. The van der Waals surface area contributed by atoms with Gasteiger partial charge in [-0.25, -0.2) is 0 Å². The van der Waals surface area contributed by atoms with Gasteiger partial charge in [-0.1, -0.05) is 0 Å². The molecule has 4 heteroatoms. The van der Waals surface area contributed by atoms with Crippen LogP contribution in [0.25, 0.3) is 10.1 Å². The summed E-state index contributed by atoms with van der Waals surface area (Å²) in [5, 5.41) is 1.17. The first kappa shape index (κ1) is 12.8. The number of rotatable bonds is 4. The lowest BCUT2D eigenvalue weighted by molar-refractivity contribution is 0.309. The molecule has 0 bridgehead atoms. The van der Waals surface area contributed by atoms with Gasteiger partial charge in [-0.3, -0.25) is 0 Å². The lowest BCUT2D eigenvalue weighted by Crippen LogP contribution is -1.92. The van der Waals surface area contributed by atoms with Crippen LogP contribution in [0.2, 0.25) is 0 Å². The molecule has 0 saturated heterocycles. The maximum atomic E-state index is 5.79. The molecule has 1 aromatic heterocycles. The highest BCUT2D eigenvalue weighted by molar-refractivity contribution is 7.19. The average molecular weight is 285 g/mol. The summed E-state index contributed by atoms with van der Waals surface area (Å²) in [6.45, 7) is 0.561. The minimum atomic E-state index is 0.561. The number of ether oxygens (including phenoxy) is 2. The van der Waals surface area contributed by atoms with Gasteiger partial charge in [-0.15, -0.1) is 11.3 Å². The summed E-state index contributed by atoms with van der Waals surface area (Å²) in [6.07, 6.45) is 0. The van der Waals surface area contributed by atoms with Crippen LogP contribution in [0.4, 0.5) is 5.69 Å². The van der Waals surface area contributed by atoms with E-state index in [4.69, 9.17) is 15.2 Å². The molecule has 0 unspecified atom stereocenters. The van der Waals surface area contributed by atoms with E-state index in [1.165, 1.54) is 15.0 Å². The minimum Gasteiger partial charge on any atom is -0.497 e. The Balaban J connectivity index is 1.72. The molecule has 20 heavy (non-hydrogen) atoms. The molecule has 0 spiro atoms. The van der Waals surface area contributed by atoms with Crippen molar-refractivity contribution >= 4 is 27.1 Å². The molecule has 0 aliphatic heterocycles. The third-order valence-electron chi connectivity index (χ3n) is 3.03.